The van der Waals surface area contributed by atoms with Gasteiger partial charge in [0.15, 0.2) is 0 Å². The van der Waals surface area contributed by atoms with Gasteiger partial charge in [0.05, 0.1) is 22.8 Å². The first-order valence-electron chi connectivity index (χ1n) is 5.73. The molecule has 0 aliphatic heterocycles. The van der Waals surface area contributed by atoms with Gasteiger partial charge >= 0.3 is 5.97 Å². The van der Waals surface area contributed by atoms with E-state index in [1.807, 2.05) is 0 Å². The molecule has 0 fully saturated rings. The van der Waals surface area contributed by atoms with E-state index in [1.165, 1.54) is 18.2 Å². The first kappa shape index (κ1) is 16.6. The van der Waals surface area contributed by atoms with Gasteiger partial charge in [0, 0.05) is 29.4 Å². The lowest BCUT2D eigenvalue weighted by Crippen LogP contribution is -2.30. The van der Waals surface area contributed by atoms with Crippen LogP contribution in [-0.4, -0.2) is 46.3 Å². The number of benzene rings is 1. The van der Waals surface area contributed by atoms with Gasteiger partial charge in [-0.05, 0) is 18.2 Å². The summed E-state index contributed by atoms with van der Waals surface area (Å²) in [6, 6.07) is 4.06. The molecule has 0 radical (unpaired) electrons. The highest BCUT2D eigenvalue weighted by molar-refractivity contribution is 7.84. The molecule has 110 valence electrons. The molecule has 0 bridgehead atoms. The summed E-state index contributed by atoms with van der Waals surface area (Å²) in [4.78, 5) is 22.5. The van der Waals surface area contributed by atoms with E-state index in [2.05, 4.69) is 10.6 Å². The Bertz CT molecular complexity index is 536. The third-order valence-corrected chi connectivity index (χ3v) is 3.45. The highest BCUT2D eigenvalue weighted by atomic mass is 35.5. The third-order valence-electron chi connectivity index (χ3n) is 2.34. The zero-order chi connectivity index (χ0) is 15.1. The summed E-state index contributed by atoms with van der Waals surface area (Å²) >= 11 is 5.88. The van der Waals surface area contributed by atoms with Gasteiger partial charge in [-0.2, -0.15) is 0 Å². The number of anilines is 1. The van der Waals surface area contributed by atoms with E-state index < -0.39 is 16.8 Å². The summed E-state index contributed by atoms with van der Waals surface area (Å²) in [7, 11) is -0.911. The Morgan fingerprint density at radius 2 is 2.10 bits per heavy atom. The normalized spacial score (nSPS) is 11.9. The van der Waals surface area contributed by atoms with Crippen molar-refractivity contribution in [3.8, 4) is 0 Å². The summed E-state index contributed by atoms with van der Waals surface area (Å²) in [6.45, 7) is 0.490. The topological polar surface area (TPSA) is 95.5 Å². The van der Waals surface area contributed by atoms with Crippen LogP contribution in [0.2, 0.25) is 5.02 Å². The first-order valence-corrected chi connectivity index (χ1v) is 7.84. The van der Waals surface area contributed by atoms with Crippen molar-refractivity contribution in [3.63, 3.8) is 0 Å². The molecule has 0 saturated heterocycles. The van der Waals surface area contributed by atoms with Crippen LogP contribution in [0.5, 0.6) is 0 Å². The molecule has 0 aliphatic carbocycles. The fraction of sp³-hybridized carbons (Fsp3) is 0.333. The number of carbonyl (C=O) groups is 2. The Morgan fingerprint density at radius 1 is 1.40 bits per heavy atom. The molecule has 0 spiro atoms. The highest BCUT2D eigenvalue weighted by Crippen LogP contribution is 2.22. The van der Waals surface area contributed by atoms with Crippen molar-refractivity contribution < 1.29 is 18.9 Å². The molecule has 6 nitrogen and oxygen atoms in total. The number of hydrogen-bond donors (Lipinski definition) is 3. The monoisotopic (exact) mass is 318 g/mol. The Morgan fingerprint density at radius 3 is 2.70 bits per heavy atom. The van der Waals surface area contributed by atoms with Crippen molar-refractivity contribution in [1.29, 1.82) is 0 Å². The average molecular weight is 319 g/mol. The lowest BCUT2D eigenvalue weighted by molar-refractivity contribution is -0.115. The number of nitrogens with one attached hydrogen (secondary N) is 2. The van der Waals surface area contributed by atoms with Crippen LogP contribution in [0.15, 0.2) is 18.2 Å². The Kier molecular flexibility index (Phi) is 6.63. The molecule has 1 atom stereocenters. The van der Waals surface area contributed by atoms with E-state index in [9.17, 15) is 13.8 Å². The lowest BCUT2D eigenvalue weighted by Gasteiger charge is -2.08. The predicted octanol–water partition coefficient (Wildman–Crippen LogP) is 0.945. The fourth-order valence-corrected chi connectivity index (χ4v) is 1.96. The first-order chi connectivity index (χ1) is 9.40. The van der Waals surface area contributed by atoms with E-state index in [0.717, 1.165) is 0 Å². The summed E-state index contributed by atoms with van der Waals surface area (Å²) in [5, 5.41) is 14.5. The molecule has 1 aromatic carbocycles. The van der Waals surface area contributed by atoms with Crippen LogP contribution >= 0.6 is 11.6 Å². The van der Waals surface area contributed by atoms with Gasteiger partial charge in [-0.25, -0.2) is 4.79 Å². The van der Waals surface area contributed by atoms with E-state index in [4.69, 9.17) is 16.7 Å². The largest absolute Gasteiger partial charge is 0.478 e. The second kappa shape index (κ2) is 7.98. The van der Waals surface area contributed by atoms with Gasteiger partial charge in [-0.15, -0.1) is 0 Å². The standard InChI is InChI=1S/C12H15ClN2O4S/c1-20(19)5-4-14-7-11(16)15-10-6-8(12(17)18)2-3-9(10)13/h2-3,6,14H,4-5,7H2,1H3,(H,15,16)(H,17,18). The van der Waals surface area contributed by atoms with Crippen LogP contribution < -0.4 is 10.6 Å². The summed E-state index contributed by atoms with van der Waals surface area (Å²) in [6.07, 6.45) is 1.58. The number of aromatic carboxylic acids is 1. The van der Waals surface area contributed by atoms with Crippen LogP contribution in [0.3, 0.4) is 0 Å². The molecular formula is C12H15ClN2O4S. The van der Waals surface area contributed by atoms with Gasteiger partial charge in [0.1, 0.15) is 0 Å². The zero-order valence-corrected chi connectivity index (χ0v) is 12.4. The van der Waals surface area contributed by atoms with Crippen molar-refractivity contribution in [1.82, 2.24) is 5.32 Å². The van der Waals surface area contributed by atoms with Gasteiger partial charge in [-0.1, -0.05) is 11.6 Å². The van der Waals surface area contributed by atoms with Crippen LogP contribution in [0.4, 0.5) is 5.69 Å². The molecule has 3 N–H and O–H groups in total. The van der Waals surface area contributed by atoms with Gasteiger partial charge in [-0.3, -0.25) is 9.00 Å². The number of rotatable bonds is 7. The Balaban J connectivity index is 2.55. The number of carboxylic acid groups (broad SMARTS) is 1. The molecule has 1 amide bonds. The minimum atomic E-state index is -1.10. The van der Waals surface area contributed by atoms with E-state index in [1.54, 1.807) is 6.26 Å². The van der Waals surface area contributed by atoms with Crippen molar-refractivity contribution in [2.24, 2.45) is 0 Å². The maximum absolute atomic E-state index is 11.6. The smallest absolute Gasteiger partial charge is 0.335 e. The Hall–Kier alpha value is -1.44. The van der Waals surface area contributed by atoms with Crippen molar-refractivity contribution in [3.05, 3.63) is 28.8 Å². The summed E-state index contributed by atoms with van der Waals surface area (Å²) in [5.41, 5.74) is 0.288. The zero-order valence-electron chi connectivity index (χ0n) is 10.8. The number of halogens is 1. The molecule has 0 aromatic heterocycles. The van der Waals surface area contributed by atoms with Crippen molar-refractivity contribution in [2.45, 2.75) is 0 Å². The lowest BCUT2D eigenvalue weighted by atomic mass is 10.2. The molecule has 0 heterocycles. The average Bonchev–Trinajstić information content (AvgIpc) is 2.37. The van der Waals surface area contributed by atoms with Crippen LogP contribution in [0.1, 0.15) is 10.4 Å². The quantitative estimate of drug-likeness (QED) is 0.650. The molecule has 20 heavy (non-hydrogen) atoms. The van der Waals surface area contributed by atoms with Gasteiger partial charge in [0.25, 0.3) is 0 Å². The minimum Gasteiger partial charge on any atom is -0.478 e. The molecule has 1 aromatic rings. The molecular weight excluding hydrogens is 304 g/mol. The van der Waals surface area contributed by atoms with E-state index >= 15 is 0 Å². The molecule has 0 aliphatic rings. The van der Waals surface area contributed by atoms with Crippen LogP contribution in [-0.2, 0) is 15.6 Å². The predicted molar refractivity (Wildman–Crippen MR) is 78.8 cm³/mol. The maximum atomic E-state index is 11.6. The van der Waals surface area contributed by atoms with Crippen LogP contribution in [0, 0.1) is 0 Å². The SMILES string of the molecule is CS(=O)CCNCC(=O)Nc1cc(C(=O)O)ccc1Cl. The van der Waals surface area contributed by atoms with Gasteiger partial charge in [0.2, 0.25) is 5.91 Å². The number of carboxylic acids is 1. The van der Waals surface area contributed by atoms with E-state index in [0.29, 0.717) is 12.3 Å². The van der Waals surface area contributed by atoms with Crippen molar-refractivity contribution >= 4 is 40.0 Å². The second-order valence-corrected chi connectivity index (χ2v) is 5.96. The highest BCUT2D eigenvalue weighted by Gasteiger charge is 2.09. The number of carbonyl (C=O) groups excluding carboxylic acids is 1. The summed E-state index contributed by atoms with van der Waals surface area (Å²) in [5.74, 6) is -0.986. The number of amides is 1. The summed E-state index contributed by atoms with van der Waals surface area (Å²) < 4.78 is 10.8. The molecule has 8 heteroatoms. The fourth-order valence-electron chi connectivity index (χ4n) is 1.37. The number of hydrogen-bond acceptors (Lipinski definition) is 4. The second-order valence-electron chi connectivity index (χ2n) is 4.00. The van der Waals surface area contributed by atoms with Gasteiger partial charge < -0.3 is 15.7 Å². The molecule has 1 unspecified atom stereocenters. The molecule has 0 saturated carbocycles. The molecule has 1 rings (SSSR count). The maximum Gasteiger partial charge on any atom is 0.335 e. The van der Waals surface area contributed by atoms with E-state index in [-0.39, 0.29) is 28.7 Å². The van der Waals surface area contributed by atoms with Crippen molar-refractivity contribution in [2.75, 3.05) is 30.4 Å². The minimum absolute atomic E-state index is 0.0326. The third kappa shape index (κ3) is 5.68. The van der Waals surface area contributed by atoms with Crippen LogP contribution in [0.25, 0.3) is 0 Å². The Labute approximate surface area is 124 Å².